The Morgan fingerprint density at radius 2 is 2.12 bits per heavy atom. The van der Waals surface area contributed by atoms with Crippen LogP contribution in [0.25, 0.3) is 0 Å². The van der Waals surface area contributed by atoms with Crippen LogP contribution in [0.3, 0.4) is 0 Å². The van der Waals surface area contributed by atoms with Gasteiger partial charge in [0.25, 0.3) is 5.69 Å². The molecule has 0 unspecified atom stereocenters. The summed E-state index contributed by atoms with van der Waals surface area (Å²) in [7, 11) is 1.50. The highest BCUT2D eigenvalue weighted by atomic mass is 79.9. The number of ether oxygens (including phenoxy) is 2. The highest BCUT2D eigenvalue weighted by Gasteiger charge is 2.17. The lowest BCUT2D eigenvalue weighted by Gasteiger charge is -2.10. The minimum atomic E-state index is -0.462. The number of methoxy groups -OCH3 is 1. The average molecular weight is 304 g/mol. The van der Waals surface area contributed by atoms with Crippen LogP contribution in [0.15, 0.2) is 16.6 Å². The van der Waals surface area contributed by atoms with Crippen molar-refractivity contribution in [3.8, 4) is 11.5 Å². The summed E-state index contributed by atoms with van der Waals surface area (Å²) in [5, 5.41) is 10.8. The van der Waals surface area contributed by atoms with Gasteiger partial charge >= 0.3 is 0 Å². The molecular weight excluding hydrogens is 290 g/mol. The van der Waals surface area contributed by atoms with E-state index in [2.05, 4.69) is 15.9 Å². The zero-order chi connectivity index (χ0) is 12.8. The predicted octanol–water partition coefficient (Wildman–Crippen LogP) is 3.54. The van der Waals surface area contributed by atoms with Gasteiger partial charge in [-0.05, 0) is 22.4 Å². The molecule has 0 aliphatic rings. The molecule has 0 aliphatic carbocycles. The van der Waals surface area contributed by atoms with Crippen LogP contribution in [0.1, 0.15) is 19.8 Å². The molecule has 6 heteroatoms. The second kappa shape index (κ2) is 6.44. The molecule has 0 aromatic heterocycles. The lowest BCUT2D eigenvalue weighted by Crippen LogP contribution is -2.00. The average Bonchev–Trinajstić information content (AvgIpc) is 2.30. The summed E-state index contributed by atoms with van der Waals surface area (Å²) in [5.41, 5.74) is -0.0303. The Labute approximate surface area is 108 Å². The largest absolute Gasteiger partial charge is 0.493 e. The van der Waals surface area contributed by atoms with Gasteiger partial charge < -0.3 is 9.47 Å². The number of nitro groups is 1. The molecule has 1 aromatic carbocycles. The number of nitro benzene ring substituents is 1. The Balaban J connectivity index is 2.99. The molecule has 1 rings (SSSR count). The quantitative estimate of drug-likeness (QED) is 0.458. The number of unbranched alkanes of at least 4 members (excludes halogenated alkanes) is 1. The third-order valence-corrected chi connectivity index (χ3v) is 2.82. The van der Waals surface area contributed by atoms with Crippen molar-refractivity contribution in [3.63, 3.8) is 0 Å². The SMILES string of the molecule is CCCCOc1cc([N+](=O)[O-])c(Br)cc1OC. The summed E-state index contributed by atoms with van der Waals surface area (Å²) in [6.45, 7) is 2.57. The molecule has 0 radical (unpaired) electrons. The normalized spacial score (nSPS) is 10.1. The highest BCUT2D eigenvalue weighted by molar-refractivity contribution is 9.10. The van der Waals surface area contributed by atoms with Gasteiger partial charge in [-0.1, -0.05) is 13.3 Å². The summed E-state index contributed by atoms with van der Waals surface area (Å²) in [4.78, 5) is 10.3. The van der Waals surface area contributed by atoms with Gasteiger partial charge in [-0.3, -0.25) is 10.1 Å². The number of rotatable bonds is 6. The molecule has 5 nitrogen and oxygen atoms in total. The van der Waals surface area contributed by atoms with Crippen LogP contribution in [0, 0.1) is 10.1 Å². The third kappa shape index (κ3) is 3.59. The fourth-order valence-corrected chi connectivity index (χ4v) is 1.73. The van der Waals surface area contributed by atoms with Crippen molar-refractivity contribution in [2.45, 2.75) is 19.8 Å². The van der Waals surface area contributed by atoms with E-state index < -0.39 is 4.92 Å². The fourth-order valence-electron chi connectivity index (χ4n) is 1.26. The molecule has 0 amide bonds. The van der Waals surface area contributed by atoms with E-state index in [0.29, 0.717) is 22.6 Å². The van der Waals surface area contributed by atoms with E-state index in [1.165, 1.54) is 13.2 Å². The maximum Gasteiger partial charge on any atom is 0.287 e. The maximum atomic E-state index is 10.8. The van der Waals surface area contributed by atoms with Crippen LogP contribution in [-0.4, -0.2) is 18.6 Å². The summed E-state index contributed by atoms with van der Waals surface area (Å²) < 4.78 is 11.0. The molecule has 17 heavy (non-hydrogen) atoms. The van der Waals surface area contributed by atoms with Crippen molar-refractivity contribution in [1.29, 1.82) is 0 Å². The fraction of sp³-hybridized carbons (Fsp3) is 0.455. The van der Waals surface area contributed by atoms with Crippen molar-refractivity contribution in [1.82, 2.24) is 0 Å². The molecule has 0 N–H and O–H groups in total. The monoisotopic (exact) mass is 303 g/mol. The molecule has 1 aromatic rings. The minimum Gasteiger partial charge on any atom is -0.493 e. The zero-order valence-electron chi connectivity index (χ0n) is 9.73. The Bertz CT molecular complexity index is 409. The molecule has 0 bridgehead atoms. The van der Waals surface area contributed by atoms with Crippen LogP contribution < -0.4 is 9.47 Å². The zero-order valence-corrected chi connectivity index (χ0v) is 11.3. The molecule has 0 saturated carbocycles. The molecule has 0 atom stereocenters. The van der Waals surface area contributed by atoms with Crippen LogP contribution in [0.2, 0.25) is 0 Å². The van der Waals surface area contributed by atoms with Gasteiger partial charge in [-0.2, -0.15) is 0 Å². The van der Waals surface area contributed by atoms with E-state index >= 15 is 0 Å². The van der Waals surface area contributed by atoms with Crippen molar-refractivity contribution < 1.29 is 14.4 Å². The van der Waals surface area contributed by atoms with Gasteiger partial charge in [0.15, 0.2) is 11.5 Å². The lowest BCUT2D eigenvalue weighted by molar-refractivity contribution is -0.385. The van der Waals surface area contributed by atoms with E-state index in [1.54, 1.807) is 6.07 Å². The summed E-state index contributed by atoms with van der Waals surface area (Å²) >= 11 is 3.13. The number of hydrogen-bond acceptors (Lipinski definition) is 4. The first-order valence-corrected chi connectivity index (χ1v) is 6.04. The molecule has 0 fully saturated rings. The predicted molar refractivity (Wildman–Crippen MR) is 67.8 cm³/mol. The topological polar surface area (TPSA) is 61.6 Å². The first-order valence-electron chi connectivity index (χ1n) is 5.24. The number of benzene rings is 1. The summed E-state index contributed by atoms with van der Waals surface area (Å²) in [5.74, 6) is 0.884. The van der Waals surface area contributed by atoms with Crippen molar-refractivity contribution in [2.24, 2.45) is 0 Å². The van der Waals surface area contributed by atoms with Gasteiger partial charge in [-0.15, -0.1) is 0 Å². The van der Waals surface area contributed by atoms with Gasteiger partial charge in [0, 0.05) is 6.07 Å². The van der Waals surface area contributed by atoms with E-state index in [1.807, 2.05) is 6.92 Å². The molecular formula is C11H14BrNO4. The smallest absolute Gasteiger partial charge is 0.287 e. The Kier molecular flexibility index (Phi) is 5.21. The molecule has 0 spiro atoms. The highest BCUT2D eigenvalue weighted by Crippen LogP contribution is 2.37. The van der Waals surface area contributed by atoms with E-state index in [4.69, 9.17) is 9.47 Å². The second-order valence-electron chi connectivity index (χ2n) is 3.41. The van der Waals surface area contributed by atoms with Crippen LogP contribution >= 0.6 is 15.9 Å². The van der Waals surface area contributed by atoms with E-state index in [0.717, 1.165) is 12.8 Å². The first-order chi connectivity index (χ1) is 8.10. The van der Waals surface area contributed by atoms with Gasteiger partial charge in [-0.25, -0.2) is 0 Å². The van der Waals surface area contributed by atoms with Gasteiger partial charge in [0.1, 0.15) is 0 Å². The molecule has 0 aliphatic heterocycles. The Morgan fingerprint density at radius 3 is 2.65 bits per heavy atom. The second-order valence-corrected chi connectivity index (χ2v) is 4.27. The minimum absolute atomic E-state index is 0.0303. The standard InChI is InChI=1S/C11H14BrNO4/c1-3-4-5-17-11-7-9(13(14)15)8(12)6-10(11)16-2/h6-7H,3-5H2,1-2H3. The Morgan fingerprint density at radius 1 is 1.41 bits per heavy atom. The lowest BCUT2D eigenvalue weighted by atomic mass is 10.3. The first kappa shape index (κ1) is 13.8. The summed E-state index contributed by atoms with van der Waals surface area (Å²) in [6.07, 6.45) is 1.90. The number of nitrogens with zero attached hydrogens (tertiary/aromatic N) is 1. The van der Waals surface area contributed by atoms with Crippen molar-refractivity contribution >= 4 is 21.6 Å². The van der Waals surface area contributed by atoms with Crippen LogP contribution in [0.5, 0.6) is 11.5 Å². The molecule has 0 heterocycles. The third-order valence-electron chi connectivity index (χ3n) is 2.19. The van der Waals surface area contributed by atoms with Gasteiger partial charge in [0.05, 0.1) is 29.2 Å². The van der Waals surface area contributed by atoms with Crippen molar-refractivity contribution in [3.05, 3.63) is 26.7 Å². The molecule has 94 valence electrons. The number of hydrogen-bond donors (Lipinski definition) is 0. The van der Waals surface area contributed by atoms with Crippen LogP contribution in [-0.2, 0) is 0 Å². The maximum absolute atomic E-state index is 10.8. The molecule has 0 saturated heterocycles. The van der Waals surface area contributed by atoms with Crippen LogP contribution in [0.4, 0.5) is 5.69 Å². The number of halogens is 1. The summed E-state index contributed by atoms with van der Waals surface area (Å²) in [6, 6.07) is 2.91. The van der Waals surface area contributed by atoms with Crippen molar-refractivity contribution in [2.75, 3.05) is 13.7 Å². The van der Waals surface area contributed by atoms with Gasteiger partial charge in [0.2, 0.25) is 0 Å². The van der Waals surface area contributed by atoms with E-state index in [9.17, 15) is 10.1 Å². The van der Waals surface area contributed by atoms with E-state index in [-0.39, 0.29) is 5.69 Å². The Hall–Kier alpha value is -1.30.